The van der Waals surface area contributed by atoms with Gasteiger partial charge in [0.2, 0.25) is 6.41 Å². The first-order chi connectivity index (χ1) is 10.7. The molecule has 2 aromatic rings. The van der Waals surface area contributed by atoms with Gasteiger partial charge >= 0.3 is 6.03 Å². The Balaban J connectivity index is 1.90. The molecular weight excluding hydrogens is 368 g/mol. The van der Waals surface area contributed by atoms with Crippen molar-refractivity contribution in [2.75, 3.05) is 0 Å². The van der Waals surface area contributed by atoms with Crippen molar-refractivity contribution in [2.24, 2.45) is 0 Å². The smallest absolute Gasteiger partial charge is 0.321 e. The van der Waals surface area contributed by atoms with Gasteiger partial charge < -0.3 is 10.1 Å². The quantitative estimate of drug-likeness (QED) is 0.800. The first-order valence-corrected chi connectivity index (χ1v) is 8.35. The number of fused-ring (bicyclic) bond motifs is 1. The van der Waals surface area contributed by atoms with E-state index in [1.165, 1.54) is 0 Å². The second kappa shape index (κ2) is 6.50. The third-order valence-corrected chi connectivity index (χ3v) is 4.88. The van der Waals surface area contributed by atoms with Crippen molar-refractivity contribution in [3.8, 4) is 5.75 Å². The number of carbonyl (C=O) groups is 2. The summed E-state index contributed by atoms with van der Waals surface area (Å²) in [5, 5.41) is 6.92. The summed E-state index contributed by atoms with van der Waals surface area (Å²) >= 11 is 5.05. The van der Waals surface area contributed by atoms with Gasteiger partial charge in [-0.25, -0.2) is 4.79 Å². The predicted molar refractivity (Wildman–Crippen MR) is 86.9 cm³/mol. The largest absolute Gasteiger partial charge is 0.484 e. The van der Waals surface area contributed by atoms with Gasteiger partial charge in [-0.3, -0.25) is 10.1 Å². The highest BCUT2D eigenvalue weighted by Crippen LogP contribution is 2.42. The van der Waals surface area contributed by atoms with Crippen molar-refractivity contribution < 1.29 is 14.3 Å². The van der Waals surface area contributed by atoms with E-state index in [1.54, 1.807) is 11.3 Å². The van der Waals surface area contributed by atoms with Crippen molar-refractivity contribution in [2.45, 2.75) is 18.6 Å². The van der Waals surface area contributed by atoms with Crippen LogP contribution in [-0.2, 0) is 4.79 Å². The van der Waals surface area contributed by atoms with Crippen molar-refractivity contribution in [3.05, 3.63) is 50.6 Å². The Morgan fingerprint density at radius 3 is 3.00 bits per heavy atom. The standard InChI is InChI=1S/C15H13BrN2O3S/c16-9-3-4-12-10(6-9)11(18-15(20)17-8-19)7-13(21-12)14-2-1-5-22-14/h1-6,8,11,13H,7H2,(H2,17,18,19,20). The number of rotatable bonds is 3. The Bertz CT molecular complexity index is 690. The monoisotopic (exact) mass is 380 g/mol. The molecule has 5 nitrogen and oxygen atoms in total. The number of ether oxygens (including phenoxy) is 1. The molecule has 0 fully saturated rings. The van der Waals surface area contributed by atoms with E-state index < -0.39 is 6.03 Å². The fourth-order valence-electron chi connectivity index (χ4n) is 2.48. The van der Waals surface area contributed by atoms with E-state index in [-0.39, 0.29) is 12.1 Å². The maximum Gasteiger partial charge on any atom is 0.321 e. The number of hydrogen-bond donors (Lipinski definition) is 2. The van der Waals surface area contributed by atoms with Gasteiger partial charge in [-0.15, -0.1) is 11.3 Å². The Labute approximate surface area is 139 Å². The fraction of sp³-hybridized carbons (Fsp3) is 0.200. The molecule has 7 heteroatoms. The minimum absolute atomic E-state index is 0.116. The molecule has 0 bridgehead atoms. The van der Waals surface area contributed by atoms with E-state index in [2.05, 4.69) is 26.6 Å². The highest BCUT2D eigenvalue weighted by atomic mass is 79.9. The lowest BCUT2D eigenvalue weighted by Gasteiger charge is -2.32. The first-order valence-electron chi connectivity index (χ1n) is 6.67. The third kappa shape index (κ3) is 3.15. The van der Waals surface area contributed by atoms with Crippen LogP contribution in [-0.4, -0.2) is 12.4 Å². The molecule has 114 valence electrons. The minimum Gasteiger partial charge on any atom is -0.484 e. The van der Waals surface area contributed by atoms with Gasteiger partial charge in [-0.2, -0.15) is 0 Å². The number of carbonyl (C=O) groups excluding carboxylic acids is 2. The summed E-state index contributed by atoms with van der Waals surface area (Å²) in [7, 11) is 0. The van der Waals surface area contributed by atoms with Gasteiger partial charge in [0.1, 0.15) is 11.9 Å². The Hall–Kier alpha value is -1.86. The molecular formula is C15H13BrN2O3S. The molecule has 1 aromatic heterocycles. The van der Waals surface area contributed by atoms with Gasteiger partial charge in [-0.1, -0.05) is 22.0 Å². The number of nitrogens with one attached hydrogen (secondary N) is 2. The summed E-state index contributed by atoms with van der Waals surface area (Å²) < 4.78 is 6.96. The summed E-state index contributed by atoms with van der Waals surface area (Å²) in [5.41, 5.74) is 0.892. The molecule has 2 heterocycles. The molecule has 0 radical (unpaired) electrons. The van der Waals surface area contributed by atoms with Crippen LogP contribution in [0.25, 0.3) is 0 Å². The highest BCUT2D eigenvalue weighted by molar-refractivity contribution is 9.10. The Kier molecular flexibility index (Phi) is 4.44. The molecule has 1 aromatic carbocycles. The lowest BCUT2D eigenvalue weighted by Crippen LogP contribution is -2.39. The minimum atomic E-state index is -0.516. The maximum absolute atomic E-state index is 11.7. The molecule has 1 aliphatic rings. The van der Waals surface area contributed by atoms with E-state index in [0.717, 1.165) is 20.7 Å². The molecule has 0 spiro atoms. The molecule has 1 aliphatic heterocycles. The normalized spacial score (nSPS) is 19.7. The topological polar surface area (TPSA) is 67.4 Å². The molecule has 2 N–H and O–H groups in total. The van der Waals surface area contributed by atoms with Gasteiger partial charge in [0, 0.05) is 21.3 Å². The molecule has 3 rings (SSSR count). The third-order valence-electron chi connectivity index (χ3n) is 3.42. The average molecular weight is 381 g/mol. The SMILES string of the molecule is O=CNC(=O)NC1CC(c2cccs2)Oc2ccc(Br)cc21. The molecule has 22 heavy (non-hydrogen) atoms. The number of urea groups is 1. The van der Waals surface area contributed by atoms with Crippen molar-refractivity contribution in [1.29, 1.82) is 0 Å². The van der Waals surface area contributed by atoms with Crippen LogP contribution in [0.3, 0.4) is 0 Å². The Morgan fingerprint density at radius 1 is 1.41 bits per heavy atom. The number of halogens is 1. The van der Waals surface area contributed by atoms with Crippen LogP contribution in [0, 0.1) is 0 Å². The number of benzene rings is 1. The van der Waals surface area contributed by atoms with Crippen LogP contribution >= 0.6 is 27.3 Å². The number of amides is 3. The maximum atomic E-state index is 11.7. The Morgan fingerprint density at radius 2 is 2.27 bits per heavy atom. The summed E-state index contributed by atoms with van der Waals surface area (Å²) in [4.78, 5) is 23.2. The summed E-state index contributed by atoms with van der Waals surface area (Å²) in [6.07, 6.45) is 0.860. The zero-order chi connectivity index (χ0) is 15.5. The van der Waals surface area contributed by atoms with Crippen LogP contribution < -0.4 is 15.4 Å². The first kappa shape index (κ1) is 15.1. The van der Waals surface area contributed by atoms with E-state index >= 15 is 0 Å². The van der Waals surface area contributed by atoms with Crippen molar-refractivity contribution in [1.82, 2.24) is 10.6 Å². The van der Waals surface area contributed by atoms with Gasteiger partial charge in [0.05, 0.1) is 6.04 Å². The number of thiophene rings is 1. The molecule has 2 unspecified atom stereocenters. The van der Waals surface area contributed by atoms with Crippen molar-refractivity contribution >= 4 is 39.7 Å². The zero-order valence-electron chi connectivity index (χ0n) is 11.4. The van der Waals surface area contributed by atoms with E-state index in [9.17, 15) is 9.59 Å². The lowest BCUT2D eigenvalue weighted by atomic mass is 9.96. The van der Waals surface area contributed by atoms with Gasteiger partial charge in [0.25, 0.3) is 0 Å². The molecule has 3 amide bonds. The molecule has 0 aliphatic carbocycles. The lowest BCUT2D eigenvalue weighted by molar-refractivity contribution is -0.108. The molecule has 0 saturated carbocycles. The van der Waals surface area contributed by atoms with Crippen LogP contribution in [0.4, 0.5) is 4.79 Å². The second-order valence-corrected chi connectivity index (χ2v) is 6.72. The van der Waals surface area contributed by atoms with Gasteiger partial charge in [-0.05, 0) is 29.6 Å². The number of imide groups is 1. The zero-order valence-corrected chi connectivity index (χ0v) is 13.8. The molecule has 2 atom stereocenters. The van der Waals surface area contributed by atoms with Crippen LogP contribution in [0.1, 0.15) is 29.0 Å². The van der Waals surface area contributed by atoms with E-state index in [1.807, 2.05) is 35.7 Å². The fourth-order valence-corrected chi connectivity index (χ4v) is 3.63. The average Bonchev–Trinajstić information content (AvgIpc) is 3.02. The van der Waals surface area contributed by atoms with Crippen LogP contribution in [0.2, 0.25) is 0 Å². The highest BCUT2D eigenvalue weighted by Gasteiger charge is 2.31. The molecule has 0 saturated heterocycles. The summed E-state index contributed by atoms with van der Waals surface area (Å²) in [6, 6.07) is 8.95. The van der Waals surface area contributed by atoms with Gasteiger partial charge in [0.15, 0.2) is 0 Å². The van der Waals surface area contributed by atoms with Crippen LogP contribution in [0.5, 0.6) is 5.75 Å². The predicted octanol–water partition coefficient (Wildman–Crippen LogP) is 3.53. The summed E-state index contributed by atoms with van der Waals surface area (Å²) in [5.74, 6) is 0.740. The van der Waals surface area contributed by atoms with E-state index in [0.29, 0.717) is 12.8 Å². The number of hydrogen-bond acceptors (Lipinski definition) is 4. The van der Waals surface area contributed by atoms with E-state index in [4.69, 9.17) is 4.74 Å². The van der Waals surface area contributed by atoms with Crippen molar-refractivity contribution in [3.63, 3.8) is 0 Å². The second-order valence-electron chi connectivity index (χ2n) is 4.83. The van der Waals surface area contributed by atoms with Crippen LogP contribution in [0.15, 0.2) is 40.2 Å². The summed E-state index contributed by atoms with van der Waals surface area (Å²) in [6.45, 7) is 0.